The van der Waals surface area contributed by atoms with E-state index in [9.17, 15) is 13.2 Å². The van der Waals surface area contributed by atoms with Crippen LogP contribution in [0.4, 0.5) is 24.9 Å². The molecule has 3 heterocycles. The summed E-state index contributed by atoms with van der Waals surface area (Å²) in [5, 5.41) is 9.52. The number of rotatable bonds is 4. The molecular weight excluding hydrogens is 301 g/mol. The highest BCUT2D eigenvalue weighted by molar-refractivity contribution is 5.56. The van der Waals surface area contributed by atoms with Gasteiger partial charge in [-0.1, -0.05) is 0 Å². The van der Waals surface area contributed by atoms with Gasteiger partial charge in [-0.3, -0.25) is 14.2 Å². The summed E-state index contributed by atoms with van der Waals surface area (Å²) in [6.07, 6.45) is -0.0504. The van der Waals surface area contributed by atoms with Crippen LogP contribution in [-0.4, -0.2) is 30.9 Å². The summed E-state index contributed by atoms with van der Waals surface area (Å²) < 4.78 is 41.7. The number of aryl methyl sites for hydroxylation is 1. The van der Waals surface area contributed by atoms with Gasteiger partial charge in [-0.15, -0.1) is 13.2 Å². The van der Waals surface area contributed by atoms with E-state index in [0.717, 1.165) is 5.56 Å². The highest BCUT2D eigenvalue weighted by atomic mass is 19.4. The van der Waals surface area contributed by atoms with E-state index in [0.29, 0.717) is 17.4 Å². The summed E-state index contributed by atoms with van der Waals surface area (Å²) in [4.78, 5) is 8.33. The smallest absolute Gasteiger partial charge is 0.308 e. The lowest BCUT2D eigenvalue weighted by Gasteiger charge is -2.06. The lowest BCUT2D eigenvalue weighted by atomic mass is 10.4. The van der Waals surface area contributed by atoms with Gasteiger partial charge in [0.1, 0.15) is 5.65 Å². The van der Waals surface area contributed by atoms with Crippen molar-refractivity contribution < 1.29 is 17.9 Å². The molecule has 0 bridgehead atoms. The Labute approximate surface area is 122 Å². The number of imidazole rings is 1. The molecule has 22 heavy (non-hydrogen) atoms. The number of hydrogen-bond acceptors (Lipinski definition) is 5. The van der Waals surface area contributed by atoms with Crippen LogP contribution in [0.25, 0.3) is 5.65 Å². The third kappa shape index (κ3) is 3.01. The third-order valence-electron chi connectivity index (χ3n) is 2.84. The minimum atomic E-state index is -4.70. The molecule has 0 saturated carbocycles. The molecule has 3 rings (SSSR count). The zero-order chi connectivity index (χ0) is 15.7. The molecule has 7 nitrogen and oxygen atoms in total. The van der Waals surface area contributed by atoms with Gasteiger partial charge in [0, 0.05) is 30.2 Å². The quantitative estimate of drug-likeness (QED) is 0.774. The summed E-state index contributed by atoms with van der Waals surface area (Å²) in [6.45, 7) is 1.11. The molecule has 0 aliphatic rings. The molecule has 0 amide bonds. The molecule has 0 spiro atoms. The van der Waals surface area contributed by atoms with E-state index in [4.69, 9.17) is 0 Å². The Morgan fingerprint density at radius 2 is 2.23 bits per heavy atom. The summed E-state index contributed by atoms with van der Waals surface area (Å²) in [6, 6.07) is 1.69. The number of H-pyrrole nitrogens is 1. The molecule has 10 heteroatoms. The largest absolute Gasteiger partial charge is 0.522 e. The topological polar surface area (TPSA) is 80.1 Å². The Bertz CT molecular complexity index is 780. The Morgan fingerprint density at radius 3 is 2.91 bits per heavy atom. The van der Waals surface area contributed by atoms with Gasteiger partial charge in [-0.25, -0.2) is 9.97 Å². The van der Waals surface area contributed by atoms with E-state index in [1.807, 2.05) is 0 Å². The molecule has 0 aliphatic heterocycles. The van der Waals surface area contributed by atoms with Gasteiger partial charge in [-0.05, 0) is 6.92 Å². The maximum atomic E-state index is 12.1. The lowest BCUT2D eigenvalue weighted by molar-refractivity contribution is -0.330. The van der Waals surface area contributed by atoms with Gasteiger partial charge in [0.2, 0.25) is 5.95 Å². The summed E-state index contributed by atoms with van der Waals surface area (Å²) >= 11 is 0. The van der Waals surface area contributed by atoms with E-state index < -0.39 is 13.0 Å². The minimum Gasteiger partial charge on any atom is -0.308 e. The highest BCUT2D eigenvalue weighted by Gasteiger charge is 2.29. The fourth-order valence-electron chi connectivity index (χ4n) is 1.91. The Balaban J connectivity index is 1.93. The number of nitrogens with one attached hydrogen (secondary N) is 2. The predicted molar refractivity (Wildman–Crippen MR) is 70.4 cm³/mol. The van der Waals surface area contributed by atoms with Gasteiger partial charge in [0.05, 0.1) is 12.3 Å². The van der Waals surface area contributed by atoms with Gasteiger partial charge < -0.3 is 5.32 Å². The average Bonchev–Trinajstić information content (AvgIpc) is 3.08. The van der Waals surface area contributed by atoms with Gasteiger partial charge >= 0.3 is 6.36 Å². The van der Waals surface area contributed by atoms with Crippen molar-refractivity contribution in [1.82, 2.24) is 24.6 Å². The zero-order valence-electron chi connectivity index (χ0n) is 11.3. The second kappa shape index (κ2) is 5.30. The first-order chi connectivity index (χ1) is 10.4. The Kier molecular flexibility index (Phi) is 3.45. The van der Waals surface area contributed by atoms with E-state index in [-0.39, 0.29) is 5.69 Å². The van der Waals surface area contributed by atoms with Crippen molar-refractivity contribution in [3.8, 4) is 0 Å². The van der Waals surface area contributed by atoms with Crippen LogP contribution in [0.1, 0.15) is 11.3 Å². The lowest BCUT2D eigenvalue weighted by Crippen LogP contribution is -2.12. The van der Waals surface area contributed by atoms with Gasteiger partial charge in [0.25, 0.3) is 0 Å². The maximum Gasteiger partial charge on any atom is 0.522 e. The Hall–Kier alpha value is -2.62. The number of alkyl halides is 3. The van der Waals surface area contributed by atoms with Crippen LogP contribution >= 0.6 is 0 Å². The van der Waals surface area contributed by atoms with Gasteiger partial charge in [-0.2, -0.15) is 5.10 Å². The number of aromatic nitrogens is 5. The second-order valence-corrected chi connectivity index (χ2v) is 4.51. The molecule has 0 unspecified atom stereocenters. The van der Waals surface area contributed by atoms with Crippen molar-refractivity contribution >= 4 is 17.4 Å². The van der Waals surface area contributed by atoms with Crippen molar-refractivity contribution in [2.24, 2.45) is 0 Å². The molecule has 0 radical (unpaired) electrons. The first kappa shape index (κ1) is 14.3. The van der Waals surface area contributed by atoms with Crippen molar-refractivity contribution in [1.29, 1.82) is 0 Å². The first-order valence-corrected chi connectivity index (χ1v) is 6.23. The molecule has 116 valence electrons. The maximum absolute atomic E-state index is 12.1. The van der Waals surface area contributed by atoms with Crippen molar-refractivity contribution in [3.05, 3.63) is 35.9 Å². The molecular formula is C12H11F3N6O. The van der Waals surface area contributed by atoms with Crippen LogP contribution in [0.15, 0.2) is 24.7 Å². The minimum absolute atomic E-state index is 0.151. The van der Waals surface area contributed by atoms with E-state index in [2.05, 4.69) is 30.2 Å². The van der Waals surface area contributed by atoms with Crippen LogP contribution in [0.5, 0.6) is 0 Å². The van der Waals surface area contributed by atoms with E-state index in [1.54, 1.807) is 29.8 Å². The number of halogens is 3. The molecule has 3 aromatic rings. The molecule has 2 N–H and O–H groups in total. The van der Waals surface area contributed by atoms with Crippen LogP contribution in [0, 0.1) is 6.92 Å². The van der Waals surface area contributed by atoms with Crippen molar-refractivity contribution in [3.63, 3.8) is 0 Å². The second-order valence-electron chi connectivity index (χ2n) is 4.51. The first-order valence-electron chi connectivity index (χ1n) is 6.23. The van der Waals surface area contributed by atoms with Crippen LogP contribution < -0.4 is 5.32 Å². The molecule has 0 aliphatic carbocycles. The molecule has 0 fully saturated rings. The fraction of sp³-hybridized carbons (Fsp3) is 0.250. The SMILES string of the molecule is Cc1cnc(Nc2cc[nH]n2)n2cc(COC(F)(F)F)nc12. The third-order valence-corrected chi connectivity index (χ3v) is 2.84. The monoisotopic (exact) mass is 312 g/mol. The number of hydrogen-bond donors (Lipinski definition) is 2. The number of ether oxygens (including phenoxy) is 1. The number of fused-ring (bicyclic) bond motifs is 1. The Morgan fingerprint density at radius 1 is 1.41 bits per heavy atom. The summed E-state index contributed by atoms with van der Waals surface area (Å²) in [5.41, 5.74) is 1.37. The van der Waals surface area contributed by atoms with E-state index >= 15 is 0 Å². The molecule has 0 saturated heterocycles. The van der Waals surface area contributed by atoms with Crippen molar-refractivity contribution in [2.75, 3.05) is 5.32 Å². The molecule has 0 atom stereocenters. The predicted octanol–water partition coefficient (Wildman–Crippen LogP) is 2.54. The van der Waals surface area contributed by atoms with Crippen LogP contribution in [-0.2, 0) is 11.3 Å². The normalized spacial score (nSPS) is 12.0. The zero-order valence-corrected chi connectivity index (χ0v) is 11.3. The van der Waals surface area contributed by atoms with Crippen LogP contribution in [0.2, 0.25) is 0 Å². The van der Waals surface area contributed by atoms with Crippen molar-refractivity contribution in [2.45, 2.75) is 19.9 Å². The highest BCUT2D eigenvalue weighted by Crippen LogP contribution is 2.21. The average molecular weight is 312 g/mol. The number of nitrogens with zero attached hydrogens (tertiary/aromatic N) is 4. The summed E-state index contributed by atoms with van der Waals surface area (Å²) in [5.74, 6) is 0.915. The van der Waals surface area contributed by atoms with Gasteiger partial charge in [0.15, 0.2) is 5.82 Å². The number of aromatic amines is 1. The molecule has 3 aromatic heterocycles. The standard InChI is InChI=1S/C12H11F3N6O/c1-7-4-16-11(19-9-2-3-17-20-9)21-5-8(18-10(7)21)6-22-12(13,14)15/h2-5H,6H2,1H3,(H2,16,17,19,20). The summed E-state index contributed by atoms with van der Waals surface area (Å²) in [7, 11) is 0. The van der Waals surface area contributed by atoms with E-state index in [1.165, 1.54) is 6.20 Å². The fourth-order valence-corrected chi connectivity index (χ4v) is 1.91. The molecule has 0 aromatic carbocycles. The van der Waals surface area contributed by atoms with Crippen LogP contribution in [0.3, 0.4) is 0 Å². The number of anilines is 2.